The first kappa shape index (κ1) is 8.17. The van der Waals surface area contributed by atoms with E-state index in [2.05, 4.69) is 15.9 Å². The van der Waals surface area contributed by atoms with Crippen LogP contribution in [0.5, 0.6) is 0 Å². The molecule has 0 saturated carbocycles. The largest absolute Gasteiger partial charge is 0.379 e. The normalized spacial score (nSPS) is 24.1. The van der Waals surface area contributed by atoms with Gasteiger partial charge in [0.25, 0.3) is 0 Å². The van der Waals surface area contributed by atoms with E-state index in [1.807, 2.05) is 4.90 Å². The van der Waals surface area contributed by atoms with E-state index in [-0.39, 0.29) is 4.95 Å². The van der Waals surface area contributed by atoms with Crippen LogP contribution in [0.2, 0.25) is 0 Å². The van der Waals surface area contributed by atoms with Crippen LogP contribution < -0.4 is 0 Å². The Morgan fingerprint density at radius 2 is 2.10 bits per heavy atom. The van der Waals surface area contributed by atoms with Gasteiger partial charge in [-0.25, -0.2) is 0 Å². The molecule has 3 nitrogen and oxygen atoms in total. The lowest BCUT2D eigenvalue weighted by molar-refractivity contribution is -0.110. The number of alkyl halides is 1. The summed E-state index contributed by atoms with van der Waals surface area (Å²) in [4.78, 5) is 12.2. The summed E-state index contributed by atoms with van der Waals surface area (Å²) in [5.41, 5.74) is 0. The molecule has 0 aromatic heterocycles. The van der Waals surface area contributed by atoms with Crippen LogP contribution >= 0.6 is 15.9 Å². The van der Waals surface area contributed by atoms with Gasteiger partial charge in [-0.3, -0.25) is 4.90 Å². The maximum Gasteiger partial charge on any atom is 0.148 e. The topological polar surface area (TPSA) is 29.5 Å². The average Bonchev–Trinajstić information content (AvgIpc) is 2.05. The highest BCUT2D eigenvalue weighted by Gasteiger charge is 2.16. The minimum absolute atomic E-state index is 0.128. The molecule has 0 radical (unpaired) electrons. The summed E-state index contributed by atoms with van der Waals surface area (Å²) >= 11 is 3.24. The molecule has 1 aliphatic rings. The summed E-state index contributed by atoms with van der Waals surface area (Å²) < 4.78 is 5.12. The van der Waals surface area contributed by atoms with Crippen LogP contribution in [0.3, 0.4) is 0 Å². The van der Waals surface area contributed by atoms with Crippen LogP contribution in [-0.2, 0) is 9.53 Å². The number of hydrogen-bond donors (Lipinski definition) is 0. The average molecular weight is 208 g/mol. The molecule has 10 heavy (non-hydrogen) atoms. The second kappa shape index (κ2) is 4.05. The van der Waals surface area contributed by atoms with E-state index in [4.69, 9.17) is 4.74 Å². The Bertz CT molecular complexity index is 114. The molecule has 1 rings (SSSR count). The van der Waals surface area contributed by atoms with Gasteiger partial charge in [0.15, 0.2) is 0 Å². The molecule has 1 atom stereocenters. The fraction of sp³-hybridized carbons (Fsp3) is 0.833. The van der Waals surface area contributed by atoms with Gasteiger partial charge in [-0.2, -0.15) is 0 Å². The van der Waals surface area contributed by atoms with Crippen molar-refractivity contribution in [1.29, 1.82) is 0 Å². The third kappa shape index (κ3) is 2.04. The number of rotatable bonds is 2. The zero-order valence-corrected chi connectivity index (χ0v) is 7.21. The molecule has 0 amide bonds. The maximum absolute atomic E-state index is 10.3. The van der Waals surface area contributed by atoms with E-state index in [0.29, 0.717) is 0 Å². The lowest BCUT2D eigenvalue weighted by Crippen LogP contribution is -2.41. The van der Waals surface area contributed by atoms with E-state index in [1.165, 1.54) is 0 Å². The third-order valence-electron chi connectivity index (χ3n) is 1.51. The number of morpholine rings is 1. The standard InChI is InChI=1S/C6H10BrNO2/c7-6(5-9)8-1-3-10-4-2-8/h5-6H,1-4H2. The molecule has 0 aromatic carbocycles. The summed E-state index contributed by atoms with van der Waals surface area (Å²) in [7, 11) is 0. The molecule has 1 aliphatic heterocycles. The molecule has 0 aliphatic carbocycles. The number of ether oxygens (including phenoxy) is 1. The third-order valence-corrected chi connectivity index (χ3v) is 2.30. The number of carbonyl (C=O) groups is 1. The van der Waals surface area contributed by atoms with Gasteiger partial charge in [0, 0.05) is 13.1 Å². The predicted molar refractivity (Wildman–Crippen MR) is 41.2 cm³/mol. The van der Waals surface area contributed by atoms with Gasteiger partial charge in [-0.05, 0) is 0 Å². The lowest BCUT2D eigenvalue weighted by Gasteiger charge is -2.27. The van der Waals surface area contributed by atoms with Gasteiger partial charge in [0.2, 0.25) is 0 Å². The molecule has 1 unspecified atom stereocenters. The Balaban J connectivity index is 2.30. The van der Waals surface area contributed by atoms with Gasteiger partial charge in [-0.1, -0.05) is 15.9 Å². The van der Waals surface area contributed by atoms with Crippen molar-refractivity contribution in [3.63, 3.8) is 0 Å². The number of aldehydes is 1. The Morgan fingerprint density at radius 1 is 1.50 bits per heavy atom. The quantitative estimate of drug-likeness (QED) is 0.370. The molecule has 58 valence electrons. The smallest absolute Gasteiger partial charge is 0.148 e. The van der Waals surface area contributed by atoms with Crippen LogP contribution in [-0.4, -0.2) is 42.4 Å². The minimum Gasteiger partial charge on any atom is -0.379 e. The van der Waals surface area contributed by atoms with Crippen molar-refractivity contribution in [2.45, 2.75) is 4.95 Å². The molecule has 0 N–H and O–H groups in total. The first-order valence-corrected chi connectivity index (χ1v) is 4.17. The number of hydrogen-bond acceptors (Lipinski definition) is 3. The molecular formula is C6H10BrNO2. The minimum atomic E-state index is -0.128. The van der Waals surface area contributed by atoms with Crippen LogP contribution in [0.25, 0.3) is 0 Å². The number of carbonyl (C=O) groups excluding carboxylic acids is 1. The summed E-state index contributed by atoms with van der Waals surface area (Å²) in [5.74, 6) is 0. The highest BCUT2D eigenvalue weighted by molar-refractivity contribution is 9.09. The van der Waals surface area contributed by atoms with E-state index in [0.717, 1.165) is 32.6 Å². The van der Waals surface area contributed by atoms with Crippen LogP contribution in [0.1, 0.15) is 0 Å². The molecular weight excluding hydrogens is 198 g/mol. The number of halogens is 1. The summed E-state index contributed by atoms with van der Waals surface area (Å²) in [5, 5.41) is 0. The van der Waals surface area contributed by atoms with Crippen molar-refractivity contribution in [2.75, 3.05) is 26.3 Å². The Morgan fingerprint density at radius 3 is 2.60 bits per heavy atom. The molecule has 1 fully saturated rings. The van der Waals surface area contributed by atoms with Crippen molar-refractivity contribution in [3.8, 4) is 0 Å². The van der Waals surface area contributed by atoms with Crippen molar-refractivity contribution in [3.05, 3.63) is 0 Å². The Hall–Kier alpha value is 0.0700. The van der Waals surface area contributed by atoms with Crippen molar-refractivity contribution in [2.24, 2.45) is 0 Å². The fourth-order valence-corrected chi connectivity index (χ4v) is 1.32. The monoisotopic (exact) mass is 207 g/mol. The lowest BCUT2D eigenvalue weighted by atomic mass is 10.4. The van der Waals surface area contributed by atoms with E-state index in [1.54, 1.807) is 0 Å². The van der Waals surface area contributed by atoms with Gasteiger partial charge >= 0.3 is 0 Å². The Kier molecular flexibility index (Phi) is 3.31. The van der Waals surface area contributed by atoms with E-state index < -0.39 is 0 Å². The summed E-state index contributed by atoms with van der Waals surface area (Å²) in [6.45, 7) is 3.15. The van der Waals surface area contributed by atoms with E-state index >= 15 is 0 Å². The van der Waals surface area contributed by atoms with Crippen LogP contribution in [0.15, 0.2) is 0 Å². The Labute approximate surface area is 68.5 Å². The van der Waals surface area contributed by atoms with Crippen molar-refractivity contribution >= 4 is 22.2 Å². The molecule has 1 heterocycles. The molecule has 0 spiro atoms. The van der Waals surface area contributed by atoms with Gasteiger partial charge in [0.05, 0.1) is 13.2 Å². The van der Waals surface area contributed by atoms with Gasteiger partial charge < -0.3 is 9.53 Å². The molecule has 4 heteroatoms. The first-order valence-electron chi connectivity index (χ1n) is 3.26. The van der Waals surface area contributed by atoms with Gasteiger partial charge in [0.1, 0.15) is 11.2 Å². The molecule has 0 aromatic rings. The second-order valence-electron chi connectivity index (χ2n) is 2.16. The zero-order valence-electron chi connectivity index (χ0n) is 5.62. The second-order valence-corrected chi connectivity index (χ2v) is 3.10. The van der Waals surface area contributed by atoms with Crippen molar-refractivity contribution in [1.82, 2.24) is 4.90 Å². The molecule has 0 bridgehead atoms. The predicted octanol–water partition coefficient (Wildman–Crippen LogP) is 0.238. The van der Waals surface area contributed by atoms with Crippen molar-refractivity contribution < 1.29 is 9.53 Å². The van der Waals surface area contributed by atoms with Crippen LogP contribution in [0, 0.1) is 0 Å². The van der Waals surface area contributed by atoms with E-state index in [9.17, 15) is 4.79 Å². The van der Waals surface area contributed by atoms with Gasteiger partial charge in [-0.15, -0.1) is 0 Å². The summed E-state index contributed by atoms with van der Waals surface area (Å²) in [6.07, 6.45) is 0.894. The maximum atomic E-state index is 10.3. The molecule has 1 saturated heterocycles. The zero-order chi connectivity index (χ0) is 7.40. The summed E-state index contributed by atoms with van der Waals surface area (Å²) in [6, 6.07) is 0. The highest BCUT2D eigenvalue weighted by Crippen LogP contribution is 2.06. The number of nitrogens with zero attached hydrogens (tertiary/aromatic N) is 1. The van der Waals surface area contributed by atoms with Crippen LogP contribution in [0.4, 0.5) is 0 Å². The fourth-order valence-electron chi connectivity index (χ4n) is 0.910. The SMILES string of the molecule is O=CC(Br)N1CCOCC1. The highest BCUT2D eigenvalue weighted by atomic mass is 79.9. The first-order chi connectivity index (χ1) is 4.84.